The van der Waals surface area contributed by atoms with E-state index in [1.54, 1.807) is 0 Å². The van der Waals surface area contributed by atoms with Crippen LogP contribution in [0.1, 0.15) is 79.6 Å². The van der Waals surface area contributed by atoms with E-state index in [9.17, 15) is 0 Å². The first-order valence-electron chi connectivity index (χ1n) is 9.16. The van der Waals surface area contributed by atoms with E-state index in [4.69, 9.17) is 0 Å². The highest BCUT2D eigenvalue weighted by Crippen LogP contribution is 2.24. The lowest BCUT2D eigenvalue weighted by Crippen LogP contribution is -2.60. The Morgan fingerprint density at radius 3 is 2.40 bits per heavy atom. The van der Waals surface area contributed by atoms with Gasteiger partial charge >= 0.3 is 0 Å². The minimum Gasteiger partial charge on any atom is -0.311 e. The van der Waals surface area contributed by atoms with Crippen LogP contribution in [0.15, 0.2) is 0 Å². The third-order valence-corrected chi connectivity index (χ3v) is 5.28. The number of hydrogen-bond donors (Lipinski definition) is 1. The number of rotatable bonds is 9. The number of nitrogens with zero attached hydrogens (tertiary/aromatic N) is 1. The maximum atomic E-state index is 3.81. The van der Waals surface area contributed by atoms with E-state index in [0.29, 0.717) is 6.04 Å². The second kappa shape index (κ2) is 9.78. The van der Waals surface area contributed by atoms with Gasteiger partial charge in [-0.05, 0) is 25.2 Å². The lowest BCUT2D eigenvalue weighted by atomic mass is 9.92. The molecule has 0 bridgehead atoms. The van der Waals surface area contributed by atoms with Crippen molar-refractivity contribution in [2.75, 3.05) is 13.1 Å². The molecule has 0 amide bonds. The molecule has 4 unspecified atom stereocenters. The summed E-state index contributed by atoms with van der Waals surface area (Å²) in [5.41, 5.74) is 0. The molecule has 0 spiro atoms. The number of nitrogens with one attached hydrogen (secondary N) is 1. The van der Waals surface area contributed by atoms with Gasteiger partial charge in [-0.2, -0.15) is 0 Å². The first kappa shape index (κ1) is 18.0. The largest absolute Gasteiger partial charge is 0.311 e. The molecule has 1 rings (SSSR count). The lowest BCUT2D eigenvalue weighted by molar-refractivity contribution is 0.0549. The molecular weight excluding hydrogens is 244 g/mol. The molecule has 1 fully saturated rings. The van der Waals surface area contributed by atoms with Crippen molar-refractivity contribution in [3.05, 3.63) is 0 Å². The van der Waals surface area contributed by atoms with Gasteiger partial charge in [0.1, 0.15) is 0 Å². The highest BCUT2D eigenvalue weighted by atomic mass is 15.3. The quantitative estimate of drug-likeness (QED) is 0.672. The zero-order valence-corrected chi connectivity index (χ0v) is 14.6. The van der Waals surface area contributed by atoms with Crippen LogP contribution in [0.2, 0.25) is 0 Å². The van der Waals surface area contributed by atoms with Crippen molar-refractivity contribution in [1.29, 1.82) is 0 Å². The predicted octanol–water partition coefficient (Wildman–Crippen LogP) is 4.44. The highest BCUT2D eigenvalue weighted by Gasteiger charge is 2.32. The Labute approximate surface area is 127 Å². The average Bonchev–Trinajstić information content (AvgIpc) is 2.50. The number of hydrogen-bond acceptors (Lipinski definition) is 2. The van der Waals surface area contributed by atoms with Gasteiger partial charge in [-0.15, -0.1) is 0 Å². The maximum Gasteiger partial charge on any atom is 0.0221 e. The number of piperazine rings is 1. The van der Waals surface area contributed by atoms with E-state index in [0.717, 1.165) is 18.0 Å². The highest BCUT2D eigenvalue weighted by molar-refractivity contribution is 4.91. The van der Waals surface area contributed by atoms with Crippen molar-refractivity contribution in [3.63, 3.8) is 0 Å². The molecule has 0 aromatic heterocycles. The Kier molecular flexibility index (Phi) is 8.79. The maximum absolute atomic E-state index is 3.81. The second-order valence-electron chi connectivity index (χ2n) is 6.74. The molecule has 0 aromatic carbocycles. The smallest absolute Gasteiger partial charge is 0.0221 e. The molecule has 1 heterocycles. The lowest BCUT2D eigenvalue weighted by Gasteiger charge is -2.46. The van der Waals surface area contributed by atoms with Crippen molar-refractivity contribution in [1.82, 2.24) is 10.2 Å². The van der Waals surface area contributed by atoms with Crippen LogP contribution in [-0.2, 0) is 0 Å². The van der Waals surface area contributed by atoms with Crippen LogP contribution in [0.25, 0.3) is 0 Å². The topological polar surface area (TPSA) is 15.3 Å². The van der Waals surface area contributed by atoms with Crippen LogP contribution >= 0.6 is 0 Å². The summed E-state index contributed by atoms with van der Waals surface area (Å²) < 4.78 is 0. The molecule has 1 aliphatic heterocycles. The summed E-state index contributed by atoms with van der Waals surface area (Å²) in [6.45, 7) is 14.2. The minimum absolute atomic E-state index is 0.698. The van der Waals surface area contributed by atoms with Gasteiger partial charge in [-0.1, -0.05) is 60.3 Å². The van der Waals surface area contributed by atoms with Gasteiger partial charge in [0.15, 0.2) is 0 Å². The van der Waals surface area contributed by atoms with E-state index in [-0.39, 0.29) is 0 Å². The average molecular weight is 283 g/mol. The molecule has 2 nitrogen and oxygen atoms in total. The molecule has 120 valence electrons. The molecule has 0 saturated carbocycles. The van der Waals surface area contributed by atoms with Gasteiger partial charge in [0.05, 0.1) is 0 Å². The molecule has 0 aliphatic carbocycles. The van der Waals surface area contributed by atoms with Gasteiger partial charge < -0.3 is 5.32 Å². The molecule has 0 radical (unpaired) electrons. The van der Waals surface area contributed by atoms with E-state index < -0.39 is 0 Å². The van der Waals surface area contributed by atoms with Crippen LogP contribution in [0.4, 0.5) is 0 Å². The standard InChI is InChI=1S/C18H38N2/c1-6-10-12-17(11-7-2)20-14-18(15(5)8-3)19-13-16(20)9-4/h15-19H,6-14H2,1-5H3. The minimum atomic E-state index is 0.698. The Morgan fingerprint density at radius 1 is 1.10 bits per heavy atom. The van der Waals surface area contributed by atoms with Crippen LogP contribution in [0.3, 0.4) is 0 Å². The summed E-state index contributed by atoms with van der Waals surface area (Å²) in [7, 11) is 0. The predicted molar refractivity (Wildman–Crippen MR) is 90.3 cm³/mol. The third-order valence-electron chi connectivity index (χ3n) is 5.28. The van der Waals surface area contributed by atoms with E-state index >= 15 is 0 Å². The first-order chi connectivity index (χ1) is 9.67. The molecule has 1 N–H and O–H groups in total. The Bertz CT molecular complexity index is 242. The van der Waals surface area contributed by atoms with E-state index in [1.165, 1.54) is 58.0 Å². The molecular formula is C18H38N2. The normalized spacial score (nSPS) is 27.4. The SMILES string of the molecule is CCCCC(CCC)N1CC(C(C)CC)NCC1CC. The summed E-state index contributed by atoms with van der Waals surface area (Å²) in [5, 5.41) is 3.81. The Morgan fingerprint density at radius 2 is 1.85 bits per heavy atom. The van der Waals surface area contributed by atoms with E-state index in [2.05, 4.69) is 44.8 Å². The summed E-state index contributed by atoms with van der Waals surface area (Å²) in [6.07, 6.45) is 9.39. The Hall–Kier alpha value is -0.0800. The molecule has 1 aliphatic rings. The fourth-order valence-corrected chi connectivity index (χ4v) is 3.59. The number of unbranched alkanes of at least 4 members (excludes halogenated alkanes) is 1. The summed E-state index contributed by atoms with van der Waals surface area (Å²) in [5.74, 6) is 0.795. The molecule has 20 heavy (non-hydrogen) atoms. The zero-order valence-electron chi connectivity index (χ0n) is 14.6. The third kappa shape index (κ3) is 5.04. The van der Waals surface area contributed by atoms with Crippen molar-refractivity contribution in [2.24, 2.45) is 5.92 Å². The summed E-state index contributed by atoms with van der Waals surface area (Å²) >= 11 is 0. The van der Waals surface area contributed by atoms with Crippen molar-refractivity contribution in [3.8, 4) is 0 Å². The molecule has 4 atom stereocenters. The van der Waals surface area contributed by atoms with Crippen LogP contribution in [-0.4, -0.2) is 36.1 Å². The van der Waals surface area contributed by atoms with E-state index in [1.807, 2.05) is 0 Å². The van der Waals surface area contributed by atoms with Crippen LogP contribution < -0.4 is 5.32 Å². The summed E-state index contributed by atoms with van der Waals surface area (Å²) in [6, 6.07) is 2.27. The molecule has 2 heteroatoms. The van der Waals surface area contributed by atoms with Gasteiger partial charge in [0, 0.05) is 31.2 Å². The monoisotopic (exact) mass is 282 g/mol. The zero-order chi connectivity index (χ0) is 15.0. The molecule has 0 aromatic rings. The van der Waals surface area contributed by atoms with Gasteiger partial charge in [-0.3, -0.25) is 4.90 Å². The van der Waals surface area contributed by atoms with Crippen molar-refractivity contribution < 1.29 is 0 Å². The van der Waals surface area contributed by atoms with Crippen LogP contribution in [0.5, 0.6) is 0 Å². The van der Waals surface area contributed by atoms with Gasteiger partial charge in [-0.25, -0.2) is 0 Å². The van der Waals surface area contributed by atoms with Crippen molar-refractivity contribution >= 4 is 0 Å². The molecule has 1 saturated heterocycles. The van der Waals surface area contributed by atoms with Crippen LogP contribution in [0, 0.1) is 5.92 Å². The Balaban J connectivity index is 2.71. The summed E-state index contributed by atoms with van der Waals surface area (Å²) in [4.78, 5) is 2.87. The second-order valence-corrected chi connectivity index (χ2v) is 6.74. The van der Waals surface area contributed by atoms with Gasteiger partial charge in [0.2, 0.25) is 0 Å². The first-order valence-corrected chi connectivity index (χ1v) is 9.16. The van der Waals surface area contributed by atoms with Crippen molar-refractivity contribution in [2.45, 2.75) is 97.7 Å². The fraction of sp³-hybridized carbons (Fsp3) is 1.00. The van der Waals surface area contributed by atoms with Gasteiger partial charge in [0.25, 0.3) is 0 Å². The fourth-order valence-electron chi connectivity index (χ4n) is 3.59.